The lowest BCUT2D eigenvalue weighted by molar-refractivity contribution is -0.126. The van der Waals surface area contributed by atoms with E-state index in [0.717, 1.165) is 48.9 Å². The van der Waals surface area contributed by atoms with E-state index in [1.807, 2.05) is 56.3 Å². The Morgan fingerprint density at radius 2 is 1.69 bits per heavy atom. The molecule has 6 nitrogen and oxygen atoms in total. The number of hydrogen-bond donors (Lipinski definition) is 1. The van der Waals surface area contributed by atoms with Crippen molar-refractivity contribution in [3.05, 3.63) is 54.1 Å². The third kappa shape index (κ3) is 5.21. The van der Waals surface area contributed by atoms with Crippen LogP contribution in [-0.4, -0.2) is 56.7 Å². The Kier molecular flexibility index (Phi) is 7.36. The maximum Gasteiger partial charge on any atom is 0.237 e. The number of para-hydroxylation sites is 3. The number of rotatable bonds is 8. The second-order valence-electron chi connectivity index (χ2n) is 7.13. The van der Waals surface area contributed by atoms with Crippen molar-refractivity contribution in [3.8, 4) is 11.5 Å². The van der Waals surface area contributed by atoms with Gasteiger partial charge in [-0.2, -0.15) is 0 Å². The lowest BCUT2D eigenvalue weighted by Gasteiger charge is -2.39. The molecule has 0 aromatic heterocycles. The van der Waals surface area contributed by atoms with Crippen LogP contribution in [-0.2, 0) is 11.3 Å². The third-order valence-corrected chi connectivity index (χ3v) is 5.39. The molecule has 1 atom stereocenters. The Morgan fingerprint density at radius 3 is 2.38 bits per heavy atom. The number of nitrogens with zero attached hydrogens (tertiary/aromatic N) is 2. The van der Waals surface area contributed by atoms with E-state index in [4.69, 9.17) is 9.47 Å². The molecule has 0 bridgehead atoms. The summed E-state index contributed by atoms with van der Waals surface area (Å²) in [6.45, 7) is 8.51. The van der Waals surface area contributed by atoms with E-state index in [9.17, 15) is 4.79 Å². The number of piperazine rings is 1. The molecule has 1 amide bonds. The van der Waals surface area contributed by atoms with Gasteiger partial charge in [0.25, 0.3) is 0 Å². The zero-order valence-electron chi connectivity index (χ0n) is 17.6. The molecule has 29 heavy (non-hydrogen) atoms. The molecule has 6 heteroatoms. The number of carbonyl (C=O) groups excluding carboxylic acids is 1. The lowest BCUT2D eigenvalue weighted by atomic mass is 10.1. The first-order chi connectivity index (χ1) is 14.1. The molecular weight excluding hydrogens is 366 g/mol. The molecule has 0 aliphatic carbocycles. The number of benzene rings is 2. The van der Waals surface area contributed by atoms with E-state index in [-0.39, 0.29) is 11.9 Å². The van der Waals surface area contributed by atoms with Gasteiger partial charge in [-0.15, -0.1) is 0 Å². The second kappa shape index (κ2) is 10.2. The van der Waals surface area contributed by atoms with E-state index >= 15 is 0 Å². The molecule has 3 rings (SSSR count). The summed E-state index contributed by atoms with van der Waals surface area (Å²) in [6, 6.07) is 15.7. The molecule has 1 unspecified atom stereocenters. The quantitative estimate of drug-likeness (QED) is 0.742. The summed E-state index contributed by atoms with van der Waals surface area (Å²) >= 11 is 0. The van der Waals surface area contributed by atoms with Crippen molar-refractivity contribution in [2.45, 2.75) is 26.4 Å². The highest BCUT2D eigenvalue weighted by Crippen LogP contribution is 2.29. The van der Waals surface area contributed by atoms with Crippen LogP contribution in [0, 0.1) is 0 Å². The molecular formula is C23H31N3O3. The average Bonchev–Trinajstić information content (AvgIpc) is 2.78. The maximum atomic E-state index is 12.7. The van der Waals surface area contributed by atoms with Gasteiger partial charge in [-0.3, -0.25) is 9.69 Å². The van der Waals surface area contributed by atoms with Crippen molar-refractivity contribution in [1.82, 2.24) is 10.2 Å². The number of nitrogens with one attached hydrogen (secondary N) is 1. The van der Waals surface area contributed by atoms with Gasteiger partial charge in [-0.05, 0) is 32.0 Å². The highest BCUT2D eigenvalue weighted by atomic mass is 16.5. The van der Waals surface area contributed by atoms with E-state index in [1.165, 1.54) is 0 Å². The average molecular weight is 398 g/mol. The predicted octanol–water partition coefficient (Wildman–Crippen LogP) is 2.92. The molecule has 156 valence electrons. The molecule has 0 saturated carbocycles. The molecule has 2 aromatic rings. The van der Waals surface area contributed by atoms with Crippen LogP contribution in [0.1, 0.15) is 19.4 Å². The number of anilines is 1. The van der Waals surface area contributed by atoms with Gasteiger partial charge in [0.2, 0.25) is 5.91 Å². The van der Waals surface area contributed by atoms with Gasteiger partial charge in [0, 0.05) is 38.3 Å². The van der Waals surface area contributed by atoms with Gasteiger partial charge in [0.05, 0.1) is 25.4 Å². The Bertz CT molecular complexity index is 803. The van der Waals surface area contributed by atoms with E-state index in [0.29, 0.717) is 13.2 Å². The van der Waals surface area contributed by atoms with Crippen molar-refractivity contribution in [1.29, 1.82) is 0 Å². The second-order valence-corrected chi connectivity index (χ2v) is 7.13. The molecule has 1 N–H and O–H groups in total. The summed E-state index contributed by atoms with van der Waals surface area (Å²) in [7, 11) is 1.65. The van der Waals surface area contributed by atoms with Crippen LogP contribution >= 0.6 is 0 Å². The van der Waals surface area contributed by atoms with Crippen LogP contribution < -0.4 is 19.7 Å². The Balaban J connectivity index is 1.53. The van der Waals surface area contributed by atoms with Crippen LogP contribution in [0.3, 0.4) is 0 Å². The van der Waals surface area contributed by atoms with Crippen molar-refractivity contribution in [3.63, 3.8) is 0 Å². The number of carbonyl (C=O) groups is 1. The zero-order chi connectivity index (χ0) is 20.6. The molecule has 1 fully saturated rings. The molecule has 0 radical (unpaired) electrons. The zero-order valence-corrected chi connectivity index (χ0v) is 17.6. The van der Waals surface area contributed by atoms with Gasteiger partial charge < -0.3 is 19.7 Å². The van der Waals surface area contributed by atoms with Gasteiger partial charge in [0.1, 0.15) is 11.5 Å². The highest BCUT2D eigenvalue weighted by molar-refractivity contribution is 5.81. The summed E-state index contributed by atoms with van der Waals surface area (Å²) in [6.07, 6.45) is 0. The molecule has 1 aliphatic heterocycles. The van der Waals surface area contributed by atoms with Crippen LogP contribution in [0.25, 0.3) is 0 Å². The lowest BCUT2D eigenvalue weighted by Crippen LogP contribution is -2.54. The van der Waals surface area contributed by atoms with Crippen LogP contribution in [0.15, 0.2) is 48.5 Å². The molecule has 1 heterocycles. The fraction of sp³-hybridized carbons (Fsp3) is 0.435. The first-order valence-electron chi connectivity index (χ1n) is 10.2. The normalized spacial score (nSPS) is 15.6. The molecule has 2 aromatic carbocycles. The minimum atomic E-state index is -0.172. The molecule has 1 aliphatic rings. The van der Waals surface area contributed by atoms with Gasteiger partial charge >= 0.3 is 0 Å². The smallest absolute Gasteiger partial charge is 0.237 e. The van der Waals surface area contributed by atoms with Gasteiger partial charge in [-0.1, -0.05) is 30.3 Å². The summed E-state index contributed by atoms with van der Waals surface area (Å²) in [5, 5.41) is 3.05. The number of hydrogen-bond acceptors (Lipinski definition) is 5. The van der Waals surface area contributed by atoms with Crippen LogP contribution in [0.5, 0.6) is 11.5 Å². The standard InChI is InChI=1S/C23H31N3O3/c1-4-29-22-12-8-6-10-20(22)26-15-13-25(14-16-26)18(2)23(27)24-17-19-9-5-7-11-21(19)28-3/h5-12,18H,4,13-17H2,1-3H3,(H,24,27). The predicted molar refractivity (Wildman–Crippen MR) is 116 cm³/mol. The van der Waals surface area contributed by atoms with Crippen LogP contribution in [0.2, 0.25) is 0 Å². The van der Waals surface area contributed by atoms with E-state index in [2.05, 4.69) is 21.2 Å². The Morgan fingerprint density at radius 1 is 1.03 bits per heavy atom. The maximum absolute atomic E-state index is 12.7. The summed E-state index contributed by atoms with van der Waals surface area (Å²) in [5.74, 6) is 1.76. The summed E-state index contributed by atoms with van der Waals surface area (Å²) in [5.41, 5.74) is 2.11. The van der Waals surface area contributed by atoms with Crippen molar-refractivity contribution in [2.24, 2.45) is 0 Å². The molecule has 0 spiro atoms. The third-order valence-electron chi connectivity index (χ3n) is 5.39. The largest absolute Gasteiger partial charge is 0.496 e. The minimum absolute atomic E-state index is 0.0408. The Hall–Kier alpha value is -2.73. The fourth-order valence-corrected chi connectivity index (χ4v) is 3.69. The van der Waals surface area contributed by atoms with Crippen molar-refractivity contribution < 1.29 is 14.3 Å². The number of methoxy groups -OCH3 is 1. The highest BCUT2D eigenvalue weighted by Gasteiger charge is 2.26. The minimum Gasteiger partial charge on any atom is -0.496 e. The monoisotopic (exact) mass is 397 g/mol. The number of ether oxygens (including phenoxy) is 2. The summed E-state index contributed by atoms with van der Waals surface area (Å²) < 4.78 is 11.1. The first-order valence-corrected chi connectivity index (χ1v) is 10.2. The van der Waals surface area contributed by atoms with E-state index in [1.54, 1.807) is 7.11 Å². The summed E-state index contributed by atoms with van der Waals surface area (Å²) in [4.78, 5) is 17.2. The van der Waals surface area contributed by atoms with Gasteiger partial charge in [0.15, 0.2) is 0 Å². The Labute approximate surface area is 173 Å². The fourth-order valence-electron chi connectivity index (χ4n) is 3.69. The van der Waals surface area contributed by atoms with Crippen LogP contribution in [0.4, 0.5) is 5.69 Å². The molecule has 1 saturated heterocycles. The SMILES string of the molecule is CCOc1ccccc1N1CCN(C(C)C(=O)NCc2ccccc2OC)CC1. The topological polar surface area (TPSA) is 54.0 Å². The first kappa shape index (κ1) is 21.0. The van der Waals surface area contributed by atoms with Crippen molar-refractivity contribution in [2.75, 3.05) is 44.8 Å². The number of amides is 1. The van der Waals surface area contributed by atoms with Crippen molar-refractivity contribution >= 4 is 11.6 Å². The van der Waals surface area contributed by atoms with Gasteiger partial charge in [-0.25, -0.2) is 0 Å². The van der Waals surface area contributed by atoms with E-state index < -0.39 is 0 Å².